The van der Waals surface area contributed by atoms with Crippen molar-refractivity contribution in [1.82, 2.24) is 34.9 Å². The third kappa shape index (κ3) is 6.28. The zero-order valence-electron chi connectivity index (χ0n) is 17.2. The van der Waals surface area contributed by atoms with Crippen LogP contribution in [0.1, 0.15) is 25.5 Å². The summed E-state index contributed by atoms with van der Waals surface area (Å²) in [6.45, 7) is 7.02. The first kappa shape index (κ1) is 22.9. The van der Waals surface area contributed by atoms with Crippen molar-refractivity contribution < 1.29 is 0 Å². The molecule has 9 heteroatoms. The number of aryl methyl sites for hydroxylation is 1. The van der Waals surface area contributed by atoms with Gasteiger partial charge < -0.3 is 19.8 Å². The number of halogens is 1. The summed E-state index contributed by atoms with van der Waals surface area (Å²) in [5.74, 6) is 2.74. The Morgan fingerprint density at radius 2 is 2.03 bits per heavy atom. The van der Waals surface area contributed by atoms with Crippen molar-refractivity contribution >= 4 is 29.9 Å². The molecule has 0 amide bonds. The van der Waals surface area contributed by atoms with E-state index in [2.05, 4.69) is 56.4 Å². The van der Waals surface area contributed by atoms with Crippen LogP contribution < -0.4 is 5.32 Å². The Morgan fingerprint density at radius 1 is 1.24 bits per heavy atom. The van der Waals surface area contributed by atoms with Crippen LogP contribution in [0.25, 0.3) is 11.3 Å². The zero-order valence-corrected chi connectivity index (χ0v) is 19.5. The first-order valence-corrected chi connectivity index (χ1v) is 9.66. The predicted molar refractivity (Wildman–Crippen MR) is 126 cm³/mol. The molecule has 156 valence electrons. The van der Waals surface area contributed by atoms with Gasteiger partial charge in [-0.1, -0.05) is 37.3 Å². The number of nitrogens with one attached hydrogen (secondary N) is 2. The average Bonchev–Trinajstić information content (AvgIpc) is 3.37. The van der Waals surface area contributed by atoms with Gasteiger partial charge in [-0.05, 0) is 12.5 Å². The standard InChI is InChI=1S/C20H28N8.HI/c1-4-19-26-24-15-28(19)12-11-22-20(21-5-2)27(3)14-18-23-13-17(25-18)16-9-7-6-8-10-16;/h6-10,13,15H,4-5,11-12,14H2,1-3H3,(H,21,22)(H,23,25);1H. The fourth-order valence-electron chi connectivity index (χ4n) is 2.98. The van der Waals surface area contributed by atoms with Gasteiger partial charge in [0.05, 0.1) is 25.0 Å². The van der Waals surface area contributed by atoms with Crippen molar-refractivity contribution in [3.63, 3.8) is 0 Å². The molecular weight excluding hydrogens is 479 g/mol. The summed E-state index contributed by atoms with van der Waals surface area (Å²) in [6, 6.07) is 10.2. The number of imidazole rings is 1. The van der Waals surface area contributed by atoms with Crippen molar-refractivity contribution in [2.45, 2.75) is 33.4 Å². The molecule has 3 aromatic rings. The molecule has 0 unspecified atom stereocenters. The highest BCUT2D eigenvalue weighted by atomic mass is 127. The number of guanidine groups is 1. The van der Waals surface area contributed by atoms with E-state index >= 15 is 0 Å². The van der Waals surface area contributed by atoms with Gasteiger partial charge in [0.1, 0.15) is 18.0 Å². The Balaban J connectivity index is 0.00000300. The van der Waals surface area contributed by atoms with Crippen LogP contribution in [0.5, 0.6) is 0 Å². The number of rotatable bonds is 8. The molecule has 0 aliphatic heterocycles. The number of hydrogen-bond donors (Lipinski definition) is 2. The molecule has 29 heavy (non-hydrogen) atoms. The first-order chi connectivity index (χ1) is 13.7. The van der Waals surface area contributed by atoms with Crippen LogP contribution in [0.2, 0.25) is 0 Å². The van der Waals surface area contributed by atoms with Gasteiger partial charge in [-0.15, -0.1) is 34.2 Å². The molecule has 2 heterocycles. The second-order valence-corrected chi connectivity index (χ2v) is 6.50. The molecular formula is C20H29IN8. The van der Waals surface area contributed by atoms with Gasteiger partial charge >= 0.3 is 0 Å². The number of H-pyrrole nitrogens is 1. The van der Waals surface area contributed by atoms with Crippen molar-refractivity contribution in [2.24, 2.45) is 4.99 Å². The van der Waals surface area contributed by atoms with E-state index in [0.29, 0.717) is 13.1 Å². The lowest BCUT2D eigenvalue weighted by atomic mass is 10.2. The minimum atomic E-state index is 0. The highest BCUT2D eigenvalue weighted by molar-refractivity contribution is 14.0. The van der Waals surface area contributed by atoms with E-state index in [1.807, 2.05) is 36.0 Å². The van der Waals surface area contributed by atoms with E-state index in [1.165, 1.54) is 0 Å². The smallest absolute Gasteiger partial charge is 0.194 e. The molecule has 3 rings (SSSR count). The quantitative estimate of drug-likeness (QED) is 0.278. The maximum Gasteiger partial charge on any atom is 0.194 e. The summed E-state index contributed by atoms with van der Waals surface area (Å²) in [7, 11) is 2.02. The molecule has 0 aliphatic carbocycles. The van der Waals surface area contributed by atoms with E-state index in [9.17, 15) is 0 Å². The maximum atomic E-state index is 4.74. The number of nitrogens with zero attached hydrogens (tertiary/aromatic N) is 6. The maximum absolute atomic E-state index is 4.74. The number of aromatic amines is 1. The Labute approximate surface area is 188 Å². The normalized spacial score (nSPS) is 11.2. The second-order valence-electron chi connectivity index (χ2n) is 6.50. The van der Waals surface area contributed by atoms with Gasteiger partial charge in [0.25, 0.3) is 0 Å². The van der Waals surface area contributed by atoms with Crippen LogP contribution >= 0.6 is 24.0 Å². The molecule has 0 atom stereocenters. The van der Waals surface area contributed by atoms with Crippen molar-refractivity contribution in [3.05, 3.63) is 54.5 Å². The molecule has 0 radical (unpaired) electrons. The topological polar surface area (TPSA) is 87.0 Å². The third-order valence-corrected chi connectivity index (χ3v) is 4.41. The Morgan fingerprint density at radius 3 is 2.76 bits per heavy atom. The molecule has 2 aromatic heterocycles. The molecule has 0 saturated carbocycles. The molecule has 2 N–H and O–H groups in total. The molecule has 0 spiro atoms. The van der Waals surface area contributed by atoms with Crippen molar-refractivity contribution in [3.8, 4) is 11.3 Å². The monoisotopic (exact) mass is 508 g/mol. The molecule has 0 bridgehead atoms. The van der Waals surface area contributed by atoms with Crippen LogP contribution in [-0.4, -0.2) is 55.7 Å². The lowest BCUT2D eigenvalue weighted by molar-refractivity contribution is 0.463. The van der Waals surface area contributed by atoms with Crippen LogP contribution in [0.4, 0.5) is 0 Å². The minimum absolute atomic E-state index is 0. The Bertz CT molecular complexity index is 887. The van der Waals surface area contributed by atoms with Crippen LogP contribution in [-0.2, 0) is 19.5 Å². The fraction of sp³-hybridized carbons (Fsp3) is 0.400. The fourth-order valence-corrected chi connectivity index (χ4v) is 2.98. The number of hydrogen-bond acceptors (Lipinski definition) is 4. The number of aromatic nitrogens is 5. The summed E-state index contributed by atoms with van der Waals surface area (Å²) in [5.41, 5.74) is 2.15. The van der Waals surface area contributed by atoms with Gasteiger partial charge in [-0.25, -0.2) is 4.98 Å². The van der Waals surface area contributed by atoms with Gasteiger partial charge in [-0.2, -0.15) is 0 Å². The Kier molecular flexibility index (Phi) is 9.10. The Hall–Kier alpha value is -2.43. The predicted octanol–water partition coefficient (Wildman–Crippen LogP) is 2.95. The van der Waals surface area contributed by atoms with Gasteiger partial charge in [-0.3, -0.25) is 4.99 Å². The number of aliphatic imine (C=N–C) groups is 1. The summed E-state index contributed by atoms with van der Waals surface area (Å²) < 4.78 is 2.05. The summed E-state index contributed by atoms with van der Waals surface area (Å²) >= 11 is 0. The van der Waals surface area contributed by atoms with Crippen LogP contribution in [0, 0.1) is 0 Å². The zero-order chi connectivity index (χ0) is 19.8. The van der Waals surface area contributed by atoms with E-state index < -0.39 is 0 Å². The van der Waals surface area contributed by atoms with E-state index in [4.69, 9.17) is 4.99 Å². The highest BCUT2D eigenvalue weighted by Crippen LogP contribution is 2.16. The first-order valence-electron chi connectivity index (χ1n) is 9.66. The van der Waals surface area contributed by atoms with Crippen molar-refractivity contribution in [2.75, 3.05) is 20.1 Å². The van der Waals surface area contributed by atoms with Gasteiger partial charge in [0, 0.05) is 26.6 Å². The third-order valence-electron chi connectivity index (χ3n) is 4.41. The molecule has 0 saturated heterocycles. The summed E-state index contributed by atoms with van der Waals surface area (Å²) in [5, 5.41) is 11.4. The molecule has 8 nitrogen and oxygen atoms in total. The molecule has 0 aliphatic rings. The summed E-state index contributed by atoms with van der Waals surface area (Å²) in [6.07, 6.45) is 4.51. The lowest BCUT2D eigenvalue weighted by Crippen LogP contribution is -2.39. The lowest BCUT2D eigenvalue weighted by Gasteiger charge is -2.21. The van der Waals surface area contributed by atoms with Crippen LogP contribution in [0.3, 0.4) is 0 Å². The second kappa shape index (κ2) is 11.5. The van der Waals surface area contributed by atoms with Gasteiger partial charge in [0.2, 0.25) is 0 Å². The largest absolute Gasteiger partial charge is 0.357 e. The van der Waals surface area contributed by atoms with E-state index in [-0.39, 0.29) is 24.0 Å². The summed E-state index contributed by atoms with van der Waals surface area (Å²) in [4.78, 5) is 14.7. The van der Waals surface area contributed by atoms with E-state index in [1.54, 1.807) is 6.33 Å². The average molecular weight is 508 g/mol. The number of benzene rings is 1. The molecule has 1 aromatic carbocycles. The van der Waals surface area contributed by atoms with Crippen LogP contribution in [0.15, 0.2) is 47.8 Å². The van der Waals surface area contributed by atoms with E-state index in [0.717, 1.165) is 48.4 Å². The minimum Gasteiger partial charge on any atom is -0.357 e. The SMILES string of the molecule is CCNC(=NCCn1cnnc1CC)N(C)Cc1ncc(-c2ccccc2)[nH]1.I. The van der Waals surface area contributed by atoms with Gasteiger partial charge in [0.15, 0.2) is 5.96 Å². The highest BCUT2D eigenvalue weighted by Gasteiger charge is 2.10. The van der Waals surface area contributed by atoms with Crippen molar-refractivity contribution in [1.29, 1.82) is 0 Å². The molecule has 0 fully saturated rings.